The minimum atomic E-state index is -0.778. The summed E-state index contributed by atoms with van der Waals surface area (Å²) in [6, 6.07) is 0.196. The second-order valence-electron chi connectivity index (χ2n) is 6.47. The van der Waals surface area contributed by atoms with Crippen molar-refractivity contribution in [1.82, 2.24) is 15.1 Å². The summed E-state index contributed by atoms with van der Waals surface area (Å²) in [5.74, 6) is -0.142. The summed E-state index contributed by atoms with van der Waals surface area (Å²) < 4.78 is 0. The third-order valence-corrected chi connectivity index (χ3v) is 4.33. The van der Waals surface area contributed by atoms with Crippen molar-refractivity contribution < 1.29 is 9.59 Å². The summed E-state index contributed by atoms with van der Waals surface area (Å²) in [6.45, 7) is 7.65. The van der Waals surface area contributed by atoms with Crippen molar-refractivity contribution in [2.24, 2.45) is 5.73 Å². The number of urea groups is 1. The van der Waals surface area contributed by atoms with Crippen molar-refractivity contribution in [2.75, 3.05) is 19.6 Å². The summed E-state index contributed by atoms with van der Waals surface area (Å²) in [5, 5.41) is 2.71. The lowest BCUT2D eigenvalue weighted by Crippen LogP contribution is -2.51. The van der Waals surface area contributed by atoms with Gasteiger partial charge in [-0.05, 0) is 40.2 Å². The number of piperidine rings is 1. The number of rotatable bonds is 4. The third-order valence-electron chi connectivity index (χ3n) is 4.33. The Bertz CT molecular complexity index is 400. The number of amides is 3. The van der Waals surface area contributed by atoms with Crippen molar-refractivity contribution in [2.45, 2.75) is 57.7 Å². The van der Waals surface area contributed by atoms with E-state index in [2.05, 4.69) is 10.2 Å². The van der Waals surface area contributed by atoms with Gasteiger partial charge in [-0.15, -0.1) is 12.4 Å². The Labute approximate surface area is 132 Å². The minimum absolute atomic E-state index is 0. The Morgan fingerprint density at radius 1 is 1.33 bits per heavy atom. The molecule has 2 aliphatic heterocycles. The number of nitrogens with two attached hydrogens (primary N) is 1. The predicted octanol–water partition coefficient (Wildman–Crippen LogP) is 0.940. The number of nitrogens with one attached hydrogen (secondary N) is 1. The smallest absolute Gasteiger partial charge is 0.325 e. The Balaban J connectivity index is 0.00000220. The average molecular weight is 319 g/mol. The summed E-state index contributed by atoms with van der Waals surface area (Å²) in [4.78, 5) is 27.6. The summed E-state index contributed by atoms with van der Waals surface area (Å²) in [5.41, 5.74) is 5.26. The highest BCUT2D eigenvalue weighted by Crippen LogP contribution is 2.20. The van der Waals surface area contributed by atoms with Crippen LogP contribution < -0.4 is 11.1 Å². The van der Waals surface area contributed by atoms with E-state index in [4.69, 9.17) is 5.73 Å². The van der Waals surface area contributed by atoms with Crippen LogP contribution in [0.4, 0.5) is 4.79 Å². The average Bonchev–Trinajstić information content (AvgIpc) is 2.57. The van der Waals surface area contributed by atoms with Crippen LogP contribution in [0.3, 0.4) is 0 Å². The van der Waals surface area contributed by atoms with Gasteiger partial charge in [-0.2, -0.15) is 0 Å². The number of hydrogen-bond acceptors (Lipinski definition) is 4. The number of imide groups is 1. The number of likely N-dealkylation sites (tertiary alicyclic amines) is 1. The predicted molar refractivity (Wildman–Crippen MR) is 84.4 cm³/mol. The molecule has 7 heteroatoms. The van der Waals surface area contributed by atoms with E-state index in [0.29, 0.717) is 19.1 Å². The fourth-order valence-electron chi connectivity index (χ4n) is 3.14. The van der Waals surface area contributed by atoms with Gasteiger partial charge in [0, 0.05) is 25.2 Å². The fraction of sp³-hybridized carbons (Fsp3) is 0.857. The molecule has 0 radical (unpaired) electrons. The van der Waals surface area contributed by atoms with Gasteiger partial charge in [0.25, 0.3) is 5.91 Å². The van der Waals surface area contributed by atoms with E-state index < -0.39 is 5.54 Å². The zero-order valence-electron chi connectivity index (χ0n) is 13.1. The standard InChI is InChI=1S/C14H26N4O2.ClH/c1-10(15)11-6-4-5-7-17(11)8-9-18-12(19)14(2,3)16-13(18)20;/h10-11H,4-9,15H2,1-3H3,(H,16,20);1H. The van der Waals surface area contributed by atoms with Gasteiger partial charge < -0.3 is 11.1 Å². The van der Waals surface area contributed by atoms with Gasteiger partial charge in [-0.3, -0.25) is 14.6 Å². The van der Waals surface area contributed by atoms with Gasteiger partial charge >= 0.3 is 6.03 Å². The first-order valence-corrected chi connectivity index (χ1v) is 7.46. The summed E-state index contributed by atoms with van der Waals surface area (Å²) in [6.07, 6.45) is 3.47. The maximum Gasteiger partial charge on any atom is 0.325 e. The Kier molecular flexibility index (Phi) is 6.01. The van der Waals surface area contributed by atoms with Gasteiger partial charge in [-0.1, -0.05) is 6.42 Å². The van der Waals surface area contributed by atoms with Crippen molar-refractivity contribution >= 4 is 24.3 Å². The quantitative estimate of drug-likeness (QED) is 0.756. The van der Waals surface area contributed by atoms with Gasteiger partial charge in [-0.25, -0.2) is 4.79 Å². The maximum atomic E-state index is 12.1. The van der Waals surface area contributed by atoms with Crippen molar-refractivity contribution in [3.63, 3.8) is 0 Å². The molecule has 0 aliphatic carbocycles. The molecule has 2 aliphatic rings. The first kappa shape index (κ1) is 18.2. The van der Waals surface area contributed by atoms with Crippen LogP contribution in [0.15, 0.2) is 0 Å². The van der Waals surface area contributed by atoms with Crippen LogP contribution in [0.2, 0.25) is 0 Å². The highest BCUT2D eigenvalue weighted by Gasteiger charge is 2.44. The molecule has 0 aromatic carbocycles. The Morgan fingerprint density at radius 3 is 2.52 bits per heavy atom. The van der Waals surface area contributed by atoms with Crippen LogP contribution >= 0.6 is 12.4 Å². The molecule has 21 heavy (non-hydrogen) atoms. The third kappa shape index (κ3) is 3.87. The van der Waals surface area contributed by atoms with Gasteiger partial charge in [0.2, 0.25) is 0 Å². The molecule has 0 aromatic rings. The molecule has 6 nitrogen and oxygen atoms in total. The maximum absolute atomic E-state index is 12.1. The number of nitrogens with zero attached hydrogens (tertiary/aromatic N) is 2. The lowest BCUT2D eigenvalue weighted by molar-refractivity contribution is -0.130. The summed E-state index contributed by atoms with van der Waals surface area (Å²) in [7, 11) is 0. The molecular formula is C14H27ClN4O2. The molecule has 2 rings (SSSR count). The topological polar surface area (TPSA) is 78.7 Å². The van der Waals surface area contributed by atoms with Crippen LogP contribution in [0.1, 0.15) is 40.0 Å². The van der Waals surface area contributed by atoms with Crippen LogP contribution in [0.25, 0.3) is 0 Å². The molecule has 0 bridgehead atoms. The normalized spacial score (nSPS) is 27.2. The monoisotopic (exact) mass is 318 g/mol. The van der Waals surface area contributed by atoms with E-state index in [1.807, 2.05) is 6.92 Å². The molecule has 0 aromatic heterocycles. The van der Waals surface area contributed by atoms with Crippen molar-refractivity contribution in [3.8, 4) is 0 Å². The van der Waals surface area contributed by atoms with Crippen molar-refractivity contribution in [3.05, 3.63) is 0 Å². The van der Waals surface area contributed by atoms with E-state index in [-0.39, 0.29) is 30.4 Å². The number of carbonyl (C=O) groups excluding carboxylic acids is 2. The van der Waals surface area contributed by atoms with Crippen LogP contribution in [0, 0.1) is 0 Å². The largest absolute Gasteiger partial charge is 0.327 e. The Hall–Kier alpha value is -0.850. The highest BCUT2D eigenvalue weighted by molar-refractivity contribution is 6.06. The van der Waals surface area contributed by atoms with Crippen molar-refractivity contribution in [1.29, 1.82) is 0 Å². The Morgan fingerprint density at radius 2 is 2.00 bits per heavy atom. The first-order chi connectivity index (χ1) is 9.33. The lowest BCUT2D eigenvalue weighted by atomic mass is 9.97. The second kappa shape index (κ2) is 6.94. The second-order valence-corrected chi connectivity index (χ2v) is 6.47. The molecule has 2 unspecified atom stereocenters. The van der Waals surface area contributed by atoms with Crippen LogP contribution in [-0.2, 0) is 4.79 Å². The molecule has 3 N–H and O–H groups in total. The van der Waals surface area contributed by atoms with Gasteiger partial charge in [0.15, 0.2) is 0 Å². The van der Waals surface area contributed by atoms with E-state index in [1.165, 1.54) is 11.3 Å². The number of halogens is 1. The van der Waals surface area contributed by atoms with Gasteiger partial charge in [0.05, 0.1) is 0 Å². The van der Waals surface area contributed by atoms with Gasteiger partial charge in [0.1, 0.15) is 5.54 Å². The van der Waals surface area contributed by atoms with E-state index >= 15 is 0 Å². The number of hydrogen-bond donors (Lipinski definition) is 2. The molecule has 122 valence electrons. The SMILES string of the molecule is CC(N)C1CCCCN1CCN1C(=O)NC(C)(C)C1=O.Cl. The molecule has 2 saturated heterocycles. The lowest BCUT2D eigenvalue weighted by Gasteiger charge is -2.38. The molecular weight excluding hydrogens is 292 g/mol. The van der Waals surface area contributed by atoms with E-state index in [9.17, 15) is 9.59 Å². The molecule has 2 atom stereocenters. The molecule has 2 fully saturated rings. The molecule has 0 spiro atoms. The molecule has 2 heterocycles. The van der Waals surface area contributed by atoms with Crippen LogP contribution in [-0.4, -0.2) is 59.0 Å². The highest BCUT2D eigenvalue weighted by atomic mass is 35.5. The fourth-order valence-corrected chi connectivity index (χ4v) is 3.14. The zero-order chi connectivity index (χ0) is 14.9. The minimum Gasteiger partial charge on any atom is -0.327 e. The van der Waals surface area contributed by atoms with E-state index in [0.717, 1.165) is 19.4 Å². The van der Waals surface area contributed by atoms with Crippen LogP contribution in [0.5, 0.6) is 0 Å². The summed E-state index contributed by atoms with van der Waals surface area (Å²) >= 11 is 0. The van der Waals surface area contributed by atoms with E-state index in [1.54, 1.807) is 13.8 Å². The molecule has 0 saturated carbocycles. The number of carbonyl (C=O) groups is 2. The zero-order valence-corrected chi connectivity index (χ0v) is 13.9. The first-order valence-electron chi connectivity index (χ1n) is 7.46. The molecule has 3 amide bonds.